The molecule has 24 heavy (non-hydrogen) atoms. The smallest absolute Gasteiger partial charge is 0.122 e. The van der Waals surface area contributed by atoms with Gasteiger partial charge in [0, 0.05) is 13.7 Å². The molecule has 2 atom stereocenters. The Balaban J connectivity index is 1.77. The van der Waals surface area contributed by atoms with E-state index in [-0.39, 0.29) is 0 Å². The summed E-state index contributed by atoms with van der Waals surface area (Å²) in [6.45, 7) is 10.8. The maximum atomic E-state index is 6.05. The van der Waals surface area contributed by atoms with Crippen LogP contribution in [0.3, 0.4) is 0 Å². The van der Waals surface area contributed by atoms with Gasteiger partial charge in [-0.25, -0.2) is 0 Å². The Kier molecular flexibility index (Phi) is 8.07. The number of piperidine rings is 1. The highest BCUT2D eigenvalue weighted by molar-refractivity contribution is 5.38. The van der Waals surface area contributed by atoms with Crippen LogP contribution in [0.2, 0.25) is 0 Å². The second-order valence-electron chi connectivity index (χ2n) is 7.17. The minimum absolute atomic E-state index is 0.350. The highest BCUT2D eigenvalue weighted by atomic mass is 16.5. The van der Waals surface area contributed by atoms with Gasteiger partial charge in [-0.2, -0.15) is 0 Å². The monoisotopic (exact) mass is 333 g/mol. The molecule has 1 fully saturated rings. The molecule has 2 rings (SSSR count). The number of rotatable bonds is 9. The summed E-state index contributed by atoms with van der Waals surface area (Å²) in [7, 11) is 1.86. The number of methoxy groups -OCH3 is 1. The van der Waals surface area contributed by atoms with Crippen molar-refractivity contribution in [1.29, 1.82) is 0 Å². The fourth-order valence-corrected chi connectivity index (χ4v) is 3.62. The molecule has 0 saturated carbocycles. The molecular formula is C21H35NO2. The first-order chi connectivity index (χ1) is 11.7. The zero-order valence-electron chi connectivity index (χ0n) is 16.0. The number of likely N-dealkylation sites (tertiary alicyclic amines) is 1. The molecule has 1 aromatic carbocycles. The molecule has 1 aliphatic heterocycles. The maximum Gasteiger partial charge on any atom is 0.122 e. The van der Waals surface area contributed by atoms with Crippen molar-refractivity contribution in [3.63, 3.8) is 0 Å². The summed E-state index contributed by atoms with van der Waals surface area (Å²) < 4.78 is 11.8. The molecule has 3 heteroatoms. The topological polar surface area (TPSA) is 21.7 Å². The second kappa shape index (κ2) is 10.0. The molecule has 2 unspecified atom stereocenters. The lowest BCUT2D eigenvalue weighted by molar-refractivity contribution is -0.0180. The normalized spacial score (nSPS) is 21.8. The highest BCUT2D eigenvalue weighted by Gasteiger charge is 2.28. The summed E-state index contributed by atoms with van der Waals surface area (Å²) in [5.41, 5.74) is 2.55. The standard InChI is InChI=1S/C21H35NO2/c1-5-6-7-13-22-14-11-19(21(16-22)23-4)12-15-24-20-10-8-9-17(2)18(20)3/h8-10,19,21H,5-7,11-16H2,1-4H3. The summed E-state index contributed by atoms with van der Waals surface area (Å²) in [6.07, 6.45) is 6.59. The van der Waals surface area contributed by atoms with Crippen LogP contribution in [0.25, 0.3) is 0 Å². The van der Waals surface area contributed by atoms with Crippen molar-refractivity contribution < 1.29 is 9.47 Å². The van der Waals surface area contributed by atoms with Crippen LogP contribution in [0.1, 0.15) is 50.2 Å². The molecule has 0 aromatic heterocycles. The van der Waals surface area contributed by atoms with Crippen molar-refractivity contribution in [1.82, 2.24) is 4.90 Å². The average molecular weight is 334 g/mol. The Morgan fingerprint density at radius 2 is 2.04 bits per heavy atom. The van der Waals surface area contributed by atoms with Crippen molar-refractivity contribution in [2.45, 2.75) is 59.0 Å². The van der Waals surface area contributed by atoms with E-state index in [1.165, 1.54) is 49.9 Å². The first kappa shape index (κ1) is 19.3. The molecular weight excluding hydrogens is 298 g/mol. The van der Waals surface area contributed by atoms with Gasteiger partial charge in [0.25, 0.3) is 0 Å². The predicted molar refractivity (Wildman–Crippen MR) is 101 cm³/mol. The van der Waals surface area contributed by atoms with Gasteiger partial charge < -0.3 is 14.4 Å². The van der Waals surface area contributed by atoms with Crippen LogP contribution in [-0.2, 0) is 4.74 Å². The molecule has 0 amide bonds. The molecule has 0 radical (unpaired) electrons. The summed E-state index contributed by atoms with van der Waals surface area (Å²) in [6, 6.07) is 6.29. The van der Waals surface area contributed by atoms with Crippen molar-refractivity contribution in [2.24, 2.45) is 5.92 Å². The van der Waals surface area contributed by atoms with Crippen LogP contribution in [0.15, 0.2) is 18.2 Å². The fraction of sp³-hybridized carbons (Fsp3) is 0.714. The van der Waals surface area contributed by atoms with E-state index in [0.29, 0.717) is 12.0 Å². The molecule has 3 nitrogen and oxygen atoms in total. The van der Waals surface area contributed by atoms with Gasteiger partial charge in [-0.3, -0.25) is 0 Å². The Morgan fingerprint density at radius 1 is 1.21 bits per heavy atom. The molecule has 1 aromatic rings. The lowest BCUT2D eigenvalue weighted by atomic mass is 9.90. The van der Waals surface area contributed by atoms with Crippen LogP contribution >= 0.6 is 0 Å². The minimum atomic E-state index is 0.350. The second-order valence-corrected chi connectivity index (χ2v) is 7.17. The quantitative estimate of drug-likeness (QED) is 0.617. The lowest BCUT2D eigenvalue weighted by Crippen LogP contribution is -2.45. The zero-order valence-corrected chi connectivity index (χ0v) is 16.0. The molecule has 1 aliphatic rings. The van der Waals surface area contributed by atoms with Crippen molar-refractivity contribution in [3.8, 4) is 5.75 Å². The fourth-order valence-electron chi connectivity index (χ4n) is 3.62. The van der Waals surface area contributed by atoms with E-state index < -0.39 is 0 Å². The van der Waals surface area contributed by atoms with Gasteiger partial charge in [0.1, 0.15) is 5.75 Å². The Morgan fingerprint density at radius 3 is 2.79 bits per heavy atom. The minimum Gasteiger partial charge on any atom is -0.493 e. The van der Waals surface area contributed by atoms with Gasteiger partial charge in [-0.05, 0) is 69.3 Å². The van der Waals surface area contributed by atoms with Gasteiger partial charge in [-0.15, -0.1) is 0 Å². The van der Waals surface area contributed by atoms with Gasteiger partial charge >= 0.3 is 0 Å². The highest BCUT2D eigenvalue weighted by Crippen LogP contribution is 2.25. The summed E-state index contributed by atoms with van der Waals surface area (Å²) in [5, 5.41) is 0. The van der Waals surface area contributed by atoms with E-state index in [9.17, 15) is 0 Å². The molecule has 1 heterocycles. The van der Waals surface area contributed by atoms with Gasteiger partial charge in [0.05, 0.1) is 12.7 Å². The van der Waals surface area contributed by atoms with E-state index in [4.69, 9.17) is 9.47 Å². The number of aryl methyl sites for hydroxylation is 1. The Hall–Kier alpha value is -1.06. The Bertz CT molecular complexity index is 489. The van der Waals surface area contributed by atoms with E-state index >= 15 is 0 Å². The first-order valence-electron chi connectivity index (χ1n) is 9.59. The molecule has 0 bridgehead atoms. The molecule has 0 spiro atoms. The third-order valence-corrected chi connectivity index (χ3v) is 5.46. The average Bonchev–Trinajstić information content (AvgIpc) is 2.59. The largest absolute Gasteiger partial charge is 0.493 e. The van der Waals surface area contributed by atoms with E-state index in [1.807, 2.05) is 7.11 Å². The summed E-state index contributed by atoms with van der Waals surface area (Å²) >= 11 is 0. The SMILES string of the molecule is CCCCCN1CCC(CCOc2cccc(C)c2C)C(OC)C1. The summed E-state index contributed by atoms with van der Waals surface area (Å²) in [5.74, 6) is 1.64. The van der Waals surface area contributed by atoms with Crippen LogP contribution in [0.4, 0.5) is 0 Å². The Labute approximate surface area is 148 Å². The van der Waals surface area contributed by atoms with Gasteiger partial charge in [0.15, 0.2) is 0 Å². The van der Waals surface area contributed by atoms with Crippen LogP contribution in [0, 0.1) is 19.8 Å². The predicted octanol–water partition coefficient (Wildman–Crippen LogP) is 4.60. The first-order valence-corrected chi connectivity index (χ1v) is 9.59. The van der Waals surface area contributed by atoms with Crippen LogP contribution in [0.5, 0.6) is 5.75 Å². The third kappa shape index (κ3) is 5.49. The molecule has 136 valence electrons. The zero-order chi connectivity index (χ0) is 17.4. The van der Waals surface area contributed by atoms with Gasteiger partial charge in [0.2, 0.25) is 0 Å². The lowest BCUT2D eigenvalue weighted by Gasteiger charge is -2.37. The van der Waals surface area contributed by atoms with Crippen molar-refractivity contribution in [2.75, 3.05) is 33.4 Å². The summed E-state index contributed by atoms with van der Waals surface area (Å²) in [4.78, 5) is 2.58. The molecule has 1 saturated heterocycles. The van der Waals surface area contributed by atoms with E-state index in [0.717, 1.165) is 25.3 Å². The van der Waals surface area contributed by atoms with Crippen molar-refractivity contribution in [3.05, 3.63) is 29.3 Å². The third-order valence-electron chi connectivity index (χ3n) is 5.46. The number of benzene rings is 1. The number of nitrogens with zero attached hydrogens (tertiary/aromatic N) is 1. The van der Waals surface area contributed by atoms with E-state index in [1.54, 1.807) is 0 Å². The van der Waals surface area contributed by atoms with Crippen LogP contribution in [-0.4, -0.2) is 44.4 Å². The number of ether oxygens (including phenoxy) is 2. The van der Waals surface area contributed by atoms with Gasteiger partial charge in [-0.1, -0.05) is 31.9 Å². The maximum absolute atomic E-state index is 6.05. The van der Waals surface area contributed by atoms with Crippen LogP contribution < -0.4 is 4.74 Å². The van der Waals surface area contributed by atoms with Crippen molar-refractivity contribution >= 4 is 0 Å². The number of hydrogen-bond donors (Lipinski definition) is 0. The molecule has 0 aliphatic carbocycles. The number of hydrogen-bond acceptors (Lipinski definition) is 3. The molecule has 0 N–H and O–H groups in total. The number of unbranched alkanes of at least 4 members (excludes halogenated alkanes) is 2. The van der Waals surface area contributed by atoms with E-state index in [2.05, 4.69) is 43.9 Å².